The molecule has 34 heavy (non-hydrogen) atoms. The van der Waals surface area contributed by atoms with Crippen molar-refractivity contribution < 1.29 is 13.9 Å². The molecule has 2 aromatic heterocycles. The highest BCUT2D eigenvalue weighted by Gasteiger charge is 2.08. The second kappa shape index (κ2) is 11.0. The van der Waals surface area contributed by atoms with Crippen LogP contribution in [0.5, 0.6) is 11.5 Å². The maximum absolute atomic E-state index is 14.4. The summed E-state index contributed by atoms with van der Waals surface area (Å²) in [6, 6.07) is 20.0. The normalized spacial score (nSPS) is 11.0. The first-order valence-corrected chi connectivity index (χ1v) is 11.0. The van der Waals surface area contributed by atoms with E-state index in [-0.39, 0.29) is 11.7 Å². The van der Waals surface area contributed by atoms with Gasteiger partial charge in [0.05, 0.1) is 11.9 Å². The van der Waals surface area contributed by atoms with Gasteiger partial charge in [-0.1, -0.05) is 36.4 Å². The summed E-state index contributed by atoms with van der Waals surface area (Å²) in [4.78, 5) is 18.0. The fourth-order valence-electron chi connectivity index (χ4n) is 3.40. The van der Waals surface area contributed by atoms with Crippen molar-refractivity contribution in [3.05, 3.63) is 102 Å². The van der Waals surface area contributed by atoms with Gasteiger partial charge in [0, 0.05) is 37.1 Å². The van der Waals surface area contributed by atoms with E-state index in [2.05, 4.69) is 15.2 Å². The number of carbonyl (C=O) groups excluding carboxylic acids is 1. The lowest BCUT2D eigenvalue weighted by atomic mass is 10.1. The van der Waals surface area contributed by atoms with Crippen molar-refractivity contribution in [2.24, 2.45) is 0 Å². The number of aromatic amines is 1. The Morgan fingerprint density at radius 3 is 2.74 bits per heavy atom. The van der Waals surface area contributed by atoms with Crippen LogP contribution < -0.4 is 4.74 Å². The van der Waals surface area contributed by atoms with E-state index in [1.54, 1.807) is 42.4 Å². The molecule has 0 aliphatic rings. The Kier molecular flexibility index (Phi) is 7.45. The molecule has 2 heterocycles. The molecule has 0 saturated carbocycles. The predicted molar refractivity (Wildman–Crippen MR) is 130 cm³/mol. The monoisotopic (exact) mass is 456 g/mol. The summed E-state index contributed by atoms with van der Waals surface area (Å²) in [6.07, 6.45) is 7.74. The molecular formula is C27H25FN4O2. The van der Waals surface area contributed by atoms with Crippen molar-refractivity contribution in [1.82, 2.24) is 20.1 Å². The molecule has 2 aromatic carbocycles. The Morgan fingerprint density at radius 1 is 1.12 bits per heavy atom. The summed E-state index contributed by atoms with van der Waals surface area (Å²) >= 11 is 0. The first-order chi connectivity index (χ1) is 16.6. The molecule has 7 heteroatoms. The Morgan fingerprint density at radius 2 is 1.97 bits per heavy atom. The molecule has 6 nitrogen and oxygen atoms in total. The molecule has 4 aromatic rings. The van der Waals surface area contributed by atoms with Gasteiger partial charge in [-0.25, -0.2) is 4.39 Å². The second-order valence-corrected chi connectivity index (χ2v) is 7.82. The topological polar surface area (TPSA) is 71.1 Å². The number of pyridine rings is 1. The van der Waals surface area contributed by atoms with E-state index in [0.29, 0.717) is 17.9 Å². The molecule has 0 aliphatic heterocycles. The van der Waals surface area contributed by atoms with Crippen LogP contribution in [0.4, 0.5) is 4.39 Å². The van der Waals surface area contributed by atoms with Gasteiger partial charge in [0.2, 0.25) is 5.91 Å². The lowest BCUT2D eigenvalue weighted by Gasteiger charge is -2.14. The fourth-order valence-corrected chi connectivity index (χ4v) is 3.40. The van der Waals surface area contributed by atoms with Gasteiger partial charge >= 0.3 is 0 Å². The molecule has 0 spiro atoms. The van der Waals surface area contributed by atoms with Gasteiger partial charge in [-0.05, 0) is 54.8 Å². The zero-order valence-corrected chi connectivity index (χ0v) is 18.8. The molecule has 0 saturated heterocycles. The van der Waals surface area contributed by atoms with Crippen LogP contribution >= 0.6 is 0 Å². The molecule has 0 aliphatic carbocycles. The van der Waals surface area contributed by atoms with Crippen LogP contribution in [-0.2, 0) is 11.2 Å². The number of likely N-dealkylation sites (N-methyl/N-ethyl adjacent to an activating group) is 1. The van der Waals surface area contributed by atoms with Crippen molar-refractivity contribution >= 4 is 12.0 Å². The number of nitrogens with zero attached hydrogens (tertiary/aromatic N) is 3. The summed E-state index contributed by atoms with van der Waals surface area (Å²) in [5.41, 5.74) is 3.57. The number of aryl methyl sites for hydroxylation is 1. The average Bonchev–Trinajstić information content (AvgIpc) is 3.34. The number of rotatable bonds is 9. The maximum atomic E-state index is 14.4. The quantitative estimate of drug-likeness (QED) is 0.337. The number of halogens is 1. The van der Waals surface area contributed by atoms with Gasteiger partial charge < -0.3 is 9.64 Å². The highest BCUT2D eigenvalue weighted by molar-refractivity contribution is 5.91. The van der Waals surface area contributed by atoms with Crippen LogP contribution in [0.3, 0.4) is 0 Å². The van der Waals surface area contributed by atoms with Gasteiger partial charge in [-0.3, -0.25) is 14.9 Å². The van der Waals surface area contributed by atoms with E-state index >= 15 is 0 Å². The number of hydrogen-bond acceptors (Lipinski definition) is 4. The van der Waals surface area contributed by atoms with Crippen LogP contribution in [0.1, 0.15) is 17.7 Å². The van der Waals surface area contributed by atoms with Gasteiger partial charge in [-0.15, -0.1) is 0 Å². The molecular weight excluding hydrogens is 431 g/mol. The Balaban J connectivity index is 1.26. The van der Waals surface area contributed by atoms with Crippen molar-refractivity contribution in [2.45, 2.75) is 12.8 Å². The molecule has 172 valence electrons. The SMILES string of the molecule is CN(CCCc1cc(-c2ccccc2)n[nH]1)C(=O)/C=C/c1ccc(Oc2cccnc2)c(F)c1. The van der Waals surface area contributed by atoms with Gasteiger partial charge in [0.1, 0.15) is 5.75 Å². The van der Waals surface area contributed by atoms with E-state index in [9.17, 15) is 9.18 Å². The van der Waals surface area contributed by atoms with E-state index in [0.717, 1.165) is 29.8 Å². The van der Waals surface area contributed by atoms with Gasteiger partial charge in [-0.2, -0.15) is 5.10 Å². The van der Waals surface area contributed by atoms with Gasteiger partial charge in [0.15, 0.2) is 11.6 Å². The largest absolute Gasteiger partial charge is 0.453 e. The van der Waals surface area contributed by atoms with Crippen LogP contribution in [0, 0.1) is 5.82 Å². The third kappa shape index (κ3) is 6.16. The summed E-state index contributed by atoms with van der Waals surface area (Å²) in [7, 11) is 1.75. The molecule has 0 unspecified atom stereocenters. The first-order valence-electron chi connectivity index (χ1n) is 11.0. The lowest BCUT2D eigenvalue weighted by Crippen LogP contribution is -2.26. The summed E-state index contributed by atoms with van der Waals surface area (Å²) < 4.78 is 19.9. The molecule has 0 atom stereocenters. The minimum Gasteiger partial charge on any atom is -0.453 e. The van der Waals surface area contributed by atoms with E-state index in [1.807, 2.05) is 36.4 Å². The summed E-state index contributed by atoms with van der Waals surface area (Å²) in [6.45, 7) is 0.592. The Hall–Kier alpha value is -4.26. The summed E-state index contributed by atoms with van der Waals surface area (Å²) in [5.74, 6) is -0.109. The van der Waals surface area contributed by atoms with Crippen LogP contribution in [0.2, 0.25) is 0 Å². The minimum absolute atomic E-state index is 0.0998. The standard InChI is InChI=1S/C27H25FN4O2/c1-32(16-6-9-22-18-25(31-30-22)21-7-3-2-4-8-21)27(33)14-12-20-11-13-26(24(28)17-20)34-23-10-5-15-29-19-23/h2-5,7-8,10-15,17-19H,6,9,16H2,1H3,(H,30,31)/b14-12+. The number of hydrogen-bond donors (Lipinski definition) is 1. The molecule has 1 N–H and O–H groups in total. The number of H-pyrrole nitrogens is 1. The predicted octanol–water partition coefficient (Wildman–Crippen LogP) is 5.51. The molecule has 0 bridgehead atoms. The highest BCUT2D eigenvalue weighted by atomic mass is 19.1. The smallest absolute Gasteiger partial charge is 0.246 e. The molecule has 4 rings (SSSR count). The van der Waals surface area contributed by atoms with Crippen molar-refractivity contribution in [3.8, 4) is 22.8 Å². The summed E-state index contributed by atoms with van der Waals surface area (Å²) in [5, 5.41) is 7.42. The number of amides is 1. The van der Waals surface area contributed by atoms with Crippen LogP contribution in [-0.4, -0.2) is 39.6 Å². The number of nitrogens with one attached hydrogen (secondary N) is 1. The lowest BCUT2D eigenvalue weighted by molar-refractivity contribution is -0.124. The number of carbonyl (C=O) groups is 1. The van der Waals surface area contributed by atoms with Gasteiger partial charge in [0.25, 0.3) is 0 Å². The zero-order valence-electron chi connectivity index (χ0n) is 18.8. The van der Waals surface area contributed by atoms with Crippen LogP contribution in [0.25, 0.3) is 17.3 Å². The van der Waals surface area contributed by atoms with Crippen LogP contribution in [0.15, 0.2) is 85.2 Å². The highest BCUT2D eigenvalue weighted by Crippen LogP contribution is 2.25. The molecule has 1 amide bonds. The number of ether oxygens (including phenoxy) is 1. The maximum Gasteiger partial charge on any atom is 0.246 e. The molecule has 0 radical (unpaired) electrons. The van der Waals surface area contributed by atoms with E-state index < -0.39 is 5.82 Å². The fraction of sp³-hybridized carbons (Fsp3) is 0.148. The second-order valence-electron chi connectivity index (χ2n) is 7.82. The first kappa shape index (κ1) is 22.9. The molecule has 0 fully saturated rings. The van der Waals surface area contributed by atoms with E-state index in [4.69, 9.17) is 4.74 Å². The third-order valence-electron chi connectivity index (χ3n) is 5.25. The zero-order chi connectivity index (χ0) is 23.8. The Labute approximate surface area is 197 Å². The third-order valence-corrected chi connectivity index (χ3v) is 5.25. The van der Waals surface area contributed by atoms with Crippen molar-refractivity contribution in [1.29, 1.82) is 0 Å². The minimum atomic E-state index is -0.513. The number of aromatic nitrogens is 3. The van der Waals surface area contributed by atoms with Crippen molar-refractivity contribution in [3.63, 3.8) is 0 Å². The number of benzene rings is 2. The van der Waals surface area contributed by atoms with Crippen molar-refractivity contribution in [2.75, 3.05) is 13.6 Å². The van der Waals surface area contributed by atoms with E-state index in [1.165, 1.54) is 24.4 Å². The Bertz CT molecular complexity index is 1260. The average molecular weight is 457 g/mol.